The van der Waals surface area contributed by atoms with Crippen LogP contribution in [0.3, 0.4) is 0 Å². The minimum Gasteiger partial charge on any atom is -0.478 e. The number of unbranched alkanes of at least 4 members (excludes halogenated alkanes) is 30. The maximum atomic E-state index is 13.4. The molecule has 1 heterocycles. The summed E-state index contributed by atoms with van der Waals surface area (Å²) < 4.78 is 0. The molecule has 4 rings (SSSR count). The van der Waals surface area contributed by atoms with Crippen molar-refractivity contribution in [3.8, 4) is 0 Å². The predicted molar refractivity (Wildman–Crippen MR) is 267 cm³/mol. The molecule has 1 aliphatic rings. The van der Waals surface area contributed by atoms with E-state index in [1.165, 1.54) is 193 Å². The van der Waals surface area contributed by atoms with Gasteiger partial charge < -0.3 is 15.3 Å². The number of hydrogen-bond donors (Lipinski definition) is 2. The third-order valence-corrected chi connectivity index (χ3v) is 13.2. The molecule has 4 nitrogen and oxygen atoms in total. The van der Waals surface area contributed by atoms with Gasteiger partial charge in [-0.1, -0.05) is 255 Å². The summed E-state index contributed by atoms with van der Waals surface area (Å²) in [5.74, 6) is -0.877. The number of nitrogens with one attached hydrogen (secondary N) is 1. The van der Waals surface area contributed by atoms with E-state index >= 15 is 0 Å². The summed E-state index contributed by atoms with van der Waals surface area (Å²) in [5.41, 5.74) is 5.34. The van der Waals surface area contributed by atoms with Crippen LogP contribution in [0, 0.1) is 0 Å². The molecule has 338 valence electrons. The Morgan fingerprint density at radius 2 is 0.852 bits per heavy atom. The normalized spacial score (nSPS) is 12.4. The fraction of sp³-hybridized carbons (Fsp3) is 0.632. The first-order valence-electron chi connectivity index (χ1n) is 25.9. The van der Waals surface area contributed by atoms with Crippen molar-refractivity contribution in [3.05, 3.63) is 88.3 Å². The maximum absolute atomic E-state index is 13.4. The Kier molecular flexibility index (Phi) is 26.4. The zero-order valence-electron chi connectivity index (χ0n) is 39.3. The Bertz CT molecular complexity index is 1690. The molecule has 1 aliphatic heterocycles. The molecule has 0 amide bonds. The number of rotatable bonds is 37. The maximum Gasteiger partial charge on any atom is 0.337 e. The van der Waals surface area contributed by atoms with E-state index in [1.807, 2.05) is 36.4 Å². The van der Waals surface area contributed by atoms with Gasteiger partial charge >= 0.3 is 5.97 Å². The monoisotopic (exact) mass is 833 g/mol. The number of carboxylic acid groups (broad SMARTS) is 1. The lowest BCUT2D eigenvalue weighted by Gasteiger charge is -2.28. The molecule has 3 aromatic carbocycles. The van der Waals surface area contributed by atoms with E-state index in [-0.39, 0.29) is 0 Å². The number of fused-ring (bicyclic) bond motifs is 2. The molecule has 0 spiro atoms. The first kappa shape index (κ1) is 50.1. The minimum absolute atomic E-state index is 0.383. The second-order valence-corrected chi connectivity index (χ2v) is 18.4. The van der Waals surface area contributed by atoms with E-state index in [2.05, 4.69) is 60.5 Å². The van der Waals surface area contributed by atoms with Gasteiger partial charge in [0, 0.05) is 40.9 Å². The van der Waals surface area contributed by atoms with E-state index in [0.717, 1.165) is 64.6 Å². The predicted octanol–water partition coefficient (Wildman–Crippen LogP) is 16.2. The number of hydrogen-bond acceptors (Lipinski definition) is 3. The Hall–Kier alpha value is -3.53. The summed E-state index contributed by atoms with van der Waals surface area (Å²) in [6.45, 7) is 6.53. The van der Waals surface area contributed by atoms with Crippen molar-refractivity contribution in [1.82, 2.24) is 0 Å². The molecule has 0 atom stereocenters. The van der Waals surface area contributed by atoms with Crippen molar-refractivity contribution in [2.45, 2.75) is 219 Å². The fourth-order valence-corrected chi connectivity index (χ4v) is 9.48. The van der Waals surface area contributed by atoms with Crippen LogP contribution in [0.1, 0.15) is 230 Å². The summed E-state index contributed by atoms with van der Waals surface area (Å²) in [4.78, 5) is 15.9. The van der Waals surface area contributed by atoms with Crippen LogP contribution in [0.15, 0.2) is 66.7 Å². The van der Waals surface area contributed by atoms with Crippen molar-refractivity contribution in [2.24, 2.45) is 0 Å². The molecular formula is C57H88N2O2. The SMILES string of the molecule is CCCCCCCCCCCCCCCCCCN(CCCCCCCCCCCCCCCCCC)c1ccccc1C(C(=O)O)=c1cccc2c1=Cc1ccccc1N2. The molecule has 0 aromatic heterocycles. The second kappa shape index (κ2) is 32.2. The van der Waals surface area contributed by atoms with Gasteiger partial charge in [0.25, 0.3) is 0 Å². The summed E-state index contributed by atoms with van der Waals surface area (Å²) in [7, 11) is 0. The number of aliphatic carboxylic acids is 1. The second-order valence-electron chi connectivity index (χ2n) is 18.4. The van der Waals surface area contributed by atoms with Crippen LogP contribution in [-0.4, -0.2) is 24.2 Å². The van der Waals surface area contributed by atoms with Crippen LogP contribution in [0.25, 0.3) is 11.6 Å². The highest BCUT2D eigenvalue weighted by atomic mass is 16.4. The largest absolute Gasteiger partial charge is 0.478 e. The third kappa shape index (κ3) is 19.6. The van der Waals surface area contributed by atoms with Gasteiger partial charge in [-0.05, 0) is 47.9 Å². The number of para-hydroxylation sites is 2. The van der Waals surface area contributed by atoms with Crippen LogP contribution in [0.4, 0.5) is 17.1 Å². The van der Waals surface area contributed by atoms with E-state index in [4.69, 9.17) is 0 Å². The summed E-state index contributed by atoms with van der Waals surface area (Å²) >= 11 is 0. The molecule has 0 radical (unpaired) electrons. The van der Waals surface area contributed by atoms with Gasteiger partial charge in [-0.3, -0.25) is 0 Å². The molecular weight excluding hydrogens is 745 g/mol. The Morgan fingerprint density at radius 3 is 1.31 bits per heavy atom. The molecule has 61 heavy (non-hydrogen) atoms. The third-order valence-electron chi connectivity index (χ3n) is 13.2. The number of carboxylic acids is 1. The number of nitrogens with zero attached hydrogens (tertiary/aromatic N) is 1. The summed E-state index contributed by atoms with van der Waals surface area (Å²) in [5, 5.41) is 16.2. The van der Waals surface area contributed by atoms with Crippen molar-refractivity contribution in [1.29, 1.82) is 0 Å². The topological polar surface area (TPSA) is 52.6 Å². The Labute approximate surface area is 374 Å². The molecule has 0 unspecified atom stereocenters. The average molecular weight is 833 g/mol. The van der Waals surface area contributed by atoms with E-state index < -0.39 is 5.97 Å². The first-order chi connectivity index (χ1) is 30.1. The number of carbonyl (C=O) groups is 1. The lowest BCUT2D eigenvalue weighted by Crippen LogP contribution is -2.34. The van der Waals surface area contributed by atoms with Crippen molar-refractivity contribution in [2.75, 3.05) is 23.3 Å². The molecule has 0 saturated carbocycles. The molecule has 0 bridgehead atoms. The smallest absolute Gasteiger partial charge is 0.337 e. The van der Waals surface area contributed by atoms with Gasteiger partial charge in [-0.15, -0.1) is 0 Å². The minimum atomic E-state index is -0.877. The van der Waals surface area contributed by atoms with Crippen LogP contribution in [0.2, 0.25) is 0 Å². The van der Waals surface area contributed by atoms with Gasteiger partial charge in [-0.25, -0.2) is 4.79 Å². The highest BCUT2D eigenvalue weighted by molar-refractivity contribution is 6.17. The van der Waals surface area contributed by atoms with Crippen molar-refractivity contribution in [3.63, 3.8) is 0 Å². The zero-order valence-corrected chi connectivity index (χ0v) is 39.3. The van der Waals surface area contributed by atoms with Gasteiger partial charge in [0.1, 0.15) is 0 Å². The van der Waals surface area contributed by atoms with Gasteiger partial charge in [-0.2, -0.15) is 0 Å². The van der Waals surface area contributed by atoms with E-state index in [1.54, 1.807) is 0 Å². The number of anilines is 3. The van der Waals surface area contributed by atoms with Crippen LogP contribution < -0.4 is 20.7 Å². The lowest BCUT2D eigenvalue weighted by molar-refractivity contribution is -0.130. The van der Waals surface area contributed by atoms with E-state index in [9.17, 15) is 9.90 Å². The average Bonchev–Trinajstić information content (AvgIpc) is 3.27. The summed E-state index contributed by atoms with van der Waals surface area (Å²) in [6.07, 6.45) is 45.8. The van der Waals surface area contributed by atoms with Gasteiger partial charge in [0.2, 0.25) is 0 Å². The van der Waals surface area contributed by atoms with Crippen LogP contribution in [0.5, 0.6) is 0 Å². The molecule has 0 aliphatic carbocycles. The lowest BCUT2D eigenvalue weighted by atomic mass is 9.96. The standard InChI is InChI=1S/C57H88N2O2/c1-3-5-7-9-11-13-15-17-19-21-23-25-27-29-31-37-46-59(47-38-32-30-28-26-24-22-20-18-16-14-12-10-8-6-4-2)55-45-36-34-41-51(55)56(57(60)61)50-42-39-44-54-52(50)48-49-40-33-35-43-53(49)58-54/h33-36,39-45,48,58H,3-32,37-38,46-47H2,1-2H3,(H,60,61). The molecule has 0 fully saturated rings. The quantitative estimate of drug-likeness (QED) is 0.0445. The molecule has 4 heteroatoms. The zero-order chi connectivity index (χ0) is 43.0. The van der Waals surface area contributed by atoms with Crippen LogP contribution >= 0.6 is 0 Å². The molecule has 3 aromatic rings. The van der Waals surface area contributed by atoms with Gasteiger partial charge in [0.05, 0.1) is 5.57 Å². The summed E-state index contributed by atoms with van der Waals surface area (Å²) in [6, 6.07) is 22.6. The van der Waals surface area contributed by atoms with Crippen molar-refractivity contribution < 1.29 is 9.90 Å². The highest BCUT2D eigenvalue weighted by Gasteiger charge is 2.21. The Balaban J connectivity index is 1.30. The van der Waals surface area contributed by atoms with Gasteiger partial charge in [0.15, 0.2) is 0 Å². The Morgan fingerprint density at radius 1 is 0.459 bits per heavy atom. The number of benzene rings is 3. The van der Waals surface area contributed by atoms with E-state index in [0.29, 0.717) is 5.57 Å². The first-order valence-corrected chi connectivity index (χ1v) is 25.9. The molecule has 2 N–H and O–H groups in total. The fourth-order valence-electron chi connectivity index (χ4n) is 9.48. The molecule has 0 saturated heterocycles. The highest BCUT2D eigenvalue weighted by Crippen LogP contribution is 2.29. The van der Waals surface area contributed by atoms with Crippen LogP contribution in [-0.2, 0) is 4.79 Å². The van der Waals surface area contributed by atoms with Crippen molar-refractivity contribution >= 4 is 34.7 Å².